The van der Waals surface area contributed by atoms with Crippen molar-refractivity contribution in [3.05, 3.63) is 0 Å². The lowest BCUT2D eigenvalue weighted by Crippen LogP contribution is -2.52. The molecule has 3 aliphatic rings. The summed E-state index contributed by atoms with van der Waals surface area (Å²) in [6, 6.07) is 0. The van der Waals surface area contributed by atoms with Gasteiger partial charge in [0.05, 0.1) is 5.92 Å². The molecule has 13 heavy (non-hydrogen) atoms. The van der Waals surface area contributed by atoms with Crippen LogP contribution in [0.2, 0.25) is 0 Å². The van der Waals surface area contributed by atoms with Crippen LogP contribution in [0.5, 0.6) is 0 Å². The average molecular weight is 183 g/mol. The molecular weight excluding hydrogens is 166 g/mol. The number of piperidine rings is 3. The maximum Gasteiger partial charge on any atom is 0.306 e. The number of hydrogen-bond donors (Lipinski definition) is 1. The zero-order valence-electron chi connectivity index (χ0n) is 8.12. The number of carbonyl (C=O) groups is 1. The highest BCUT2D eigenvalue weighted by atomic mass is 16.4. The highest BCUT2D eigenvalue weighted by Crippen LogP contribution is 2.45. The van der Waals surface area contributed by atoms with Crippen molar-refractivity contribution in [1.82, 2.24) is 4.90 Å². The SMILES string of the molecule is CC(C(=O)O)C12CCN(CC1)CC2. The standard InChI is InChI=1S/C10H17NO2/c1-8(9(12)13)10-2-5-11(6-3-10)7-4-10/h8H,2-7H2,1H3,(H,12,13). The summed E-state index contributed by atoms with van der Waals surface area (Å²) in [5.41, 5.74) is 0.126. The van der Waals surface area contributed by atoms with Crippen LogP contribution in [0.3, 0.4) is 0 Å². The van der Waals surface area contributed by atoms with E-state index in [-0.39, 0.29) is 11.3 Å². The highest BCUT2D eigenvalue weighted by Gasteiger charge is 2.45. The number of rotatable bonds is 2. The Bertz CT molecular complexity index is 205. The summed E-state index contributed by atoms with van der Waals surface area (Å²) in [6.45, 7) is 5.20. The van der Waals surface area contributed by atoms with Crippen molar-refractivity contribution in [3.63, 3.8) is 0 Å². The zero-order chi connectivity index (χ0) is 9.47. The fourth-order valence-electron chi connectivity index (χ4n) is 2.76. The van der Waals surface area contributed by atoms with Gasteiger partial charge in [0, 0.05) is 0 Å². The summed E-state index contributed by atoms with van der Waals surface area (Å²) < 4.78 is 0. The first-order valence-electron chi connectivity index (χ1n) is 5.09. The van der Waals surface area contributed by atoms with Gasteiger partial charge in [-0.1, -0.05) is 6.92 Å². The van der Waals surface area contributed by atoms with E-state index in [9.17, 15) is 4.79 Å². The van der Waals surface area contributed by atoms with Crippen molar-refractivity contribution in [3.8, 4) is 0 Å². The van der Waals surface area contributed by atoms with Gasteiger partial charge in [-0.05, 0) is 44.3 Å². The van der Waals surface area contributed by atoms with Crippen molar-refractivity contribution >= 4 is 5.97 Å². The van der Waals surface area contributed by atoms with Gasteiger partial charge in [-0.25, -0.2) is 0 Å². The average Bonchev–Trinajstić information content (AvgIpc) is 2.19. The minimum absolute atomic E-state index is 0.126. The van der Waals surface area contributed by atoms with Gasteiger partial charge in [-0.3, -0.25) is 4.79 Å². The van der Waals surface area contributed by atoms with Gasteiger partial charge >= 0.3 is 5.97 Å². The molecule has 0 saturated carbocycles. The van der Waals surface area contributed by atoms with Crippen LogP contribution in [0, 0.1) is 11.3 Å². The van der Waals surface area contributed by atoms with Crippen LogP contribution in [0.1, 0.15) is 26.2 Å². The molecule has 3 heteroatoms. The zero-order valence-corrected chi connectivity index (χ0v) is 8.12. The predicted molar refractivity (Wildman–Crippen MR) is 49.5 cm³/mol. The minimum Gasteiger partial charge on any atom is -0.481 e. The normalized spacial score (nSPS) is 40.2. The van der Waals surface area contributed by atoms with Crippen LogP contribution in [0.15, 0.2) is 0 Å². The van der Waals surface area contributed by atoms with E-state index in [0.717, 1.165) is 38.9 Å². The van der Waals surface area contributed by atoms with Crippen LogP contribution in [-0.4, -0.2) is 35.6 Å². The monoisotopic (exact) mass is 183 g/mol. The molecule has 3 saturated heterocycles. The van der Waals surface area contributed by atoms with Crippen molar-refractivity contribution in [2.24, 2.45) is 11.3 Å². The van der Waals surface area contributed by atoms with Gasteiger partial charge in [0.15, 0.2) is 0 Å². The van der Waals surface area contributed by atoms with Crippen LogP contribution in [0.25, 0.3) is 0 Å². The highest BCUT2D eigenvalue weighted by molar-refractivity contribution is 5.70. The van der Waals surface area contributed by atoms with Crippen molar-refractivity contribution in [2.75, 3.05) is 19.6 Å². The Balaban J connectivity index is 2.14. The maximum absolute atomic E-state index is 11.0. The molecule has 2 bridgehead atoms. The fourth-order valence-corrected chi connectivity index (χ4v) is 2.76. The molecule has 1 N–H and O–H groups in total. The molecule has 0 aromatic rings. The van der Waals surface area contributed by atoms with Gasteiger partial charge in [-0.2, -0.15) is 0 Å². The molecule has 3 fully saturated rings. The second-order valence-corrected chi connectivity index (χ2v) is 4.51. The number of carboxylic acids is 1. The fraction of sp³-hybridized carbons (Fsp3) is 0.900. The van der Waals surface area contributed by atoms with Crippen LogP contribution < -0.4 is 0 Å². The Kier molecular flexibility index (Phi) is 2.06. The number of aliphatic carboxylic acids is 1. The molecule has 0 aromatic carbocycles. The van der Waals surface area contributed by atoms with E-state index in [1.165, 1.54) is 0 Å². The van der Waals surface area contributed by atoms with Gasteiger partial charge in [0.2, 0.25) is 0 Å². The molecule has 3 aliphatic heterocycles. The van der Waals surface area contributed by atoms with E-state index in [2.05, 4.69) is 4.90 Å². The Hall–Kier alpha value is -0.570. The Labute approximate surface area is 78.7 Å². The molecule has 3 rings (SSSR count). The Morgan fingerprint density at radius 1 is 1.31 bits per heavy atom. The van der Waals surface area contributed by atoms with Crippen LogP contribution in [-0.2, 0) is 4.79 Å². The first-order chi connectivity index (χ1) is 6.14. The van der Waals surface area contributed by atoms with E-state index in [1.807, 2.05) is 6.92 Å². The molecular formula is C10H17NO2. The topological polar surface area (TPSA) is 40.5 Å². The Morgan fingerprint density at radius 3 is 2.15 bits per heavy atom. The molecule has 74 valence electrons. The van der Waals surface area contributed by atoms with Gasteiger partial charge < -0.3 is 10.0 Å². The minimum atomic E-state index is -0.615. The third-order valence-electron chi connectivity index (χ3n) is 4.07. The maximum atomic E-state index is 11.0. The lowest BCUT2D eigenvalue weighted by molar-refractivity contribution is -0.150. The van der Waals surface area contributed by atoms with E-state index >= 15 is 0 Å². The summed E-state index contributed by atoms with van der Waals surface area (Å²) in [7, 11) is 0. The first-order valence-corrected chi connectivity index (χ1v) is 5.09. The van der Waals surface area contributed by atoms with Crippen LogP contribution >= 0.6 is 0 Å². The van der Waals surface area contributed by atoms with Gasteiger partial charge in [-0.15, -0.1) is 0 Å². The first kappa shape index (κ1) is 9.00. The molecule has 1 atom stereocenters. The lowest BCUT2D eigenvalue weighted by Gasteiger charge is -2.50. The molecule has 0 aliphatic carbocycles. The summed E-state index contributed by atoms with van der Waals surface area (Å²) in [6.07, 6.45) is 3.25. The summed E-state index contributed by atoms with van der Waals surface area (Å²) in [4.78, 5) is 13.4. The lowest BCUT2D eigenvalue weighted by atomic mass is 9.64. The third kappa shape index (κ3) is 1.35. The second kappa shape index (κ2) is 2.98. The second-order valence-electron chi connectivity index (χ2n) is 4.51. The molecule has 3 nitrogen and oxygen atoms in total. The predicted octanol–water partition coefficient (Wildman–Crippen LogP) is 1.19. The molecule has 0 amide bonds. The van der Waals surface area contributed by atoms with Crippen molar-refractivity contribution in [2.45, 2.75) is 26.2 Å². The number of hydrogen-bond acceptors (Lipinski definition) is 2. The summed E-state index contributed by atoms with van der Waals surface area (Å²) >= 11 is 0. The Morgan fingerprint density at radius 2 is 1.77 bits per heavy atom. The molecule has 0 radical (unpaired) electrons. The van der Waals surface area contributed by atoms with E-state index in [0.29, 0.717) is 0 Å². The van der Waals surface area contributed by atoms with E-state index in [1.54, 1.807) is 0 Å². The molecule has 3 heterocycles. The number of fused-ring (bicyclic) bond motifs is 3. The van der Waals surface area contributed by atoms with Gasteiger partial charge in [0.25, 0.3) is 0 Å². The molecule has 0 aromatic heterocycles. The smallest absolute Gasteiger partial charge is 0.306 e. The van der Waals surface area contributed by atoms with E-state index in [4.69, 9.17) is 5.11 Å². The van der Waals surface area contributed by atoms with Crippen molar-refractivity contribution < 1.29 is 9.90 Å². The number of carboxylic acid groups (broad SMARTS) is 1. The van der Waals surface area contributed by atoms with Gasteiger partial charge in [0.1, 0.15) is 0 Å². The third-order valence-corrected chi connectivity index (χ3v) is 4.07. The quantitative estimate of drug-likeness (QED) is 0.699. The summed E-state index contributed by atoms with van der Waals surface area (Å²) in [5, 5.41) is 9.03. The van der Waals surface area contributed by atoms with Crippen LogP contribution in [0.4, 0.5) is 0 Å². The van der Waals surface area contributed by atoms with E-state index < -0.39 is 5.97 Å². The largest absolute Gasteiger partial charge is 0.481 e. The molecule has 0 spiro atoms. The van der Waals surface area contributed by atoms with Crippen molar-refractivity contribution in [1.29, 1.82) is 0 Å². The summed E-state index contributed by atoms with van der Waals surface area (Å²) in [5.74, 6) is -0.773. The number of nitrogens with zero attached hydrogens (tertiary/aromatic N) is 1. The molecule has 1 unspecified atom stereocenters.